The highest BCUT2D eigenvalue weighted by Gasteiger charge is 2.14. The largest absolute Gasteiger partial charge is 0.395 e. The summed E-state index contributed by atoms with van der Waals surface area (Å²) in [6.07, 6.45) is 7.84. The van der Waals surface area contributed by atoms with Gasteiger partial charge in [-0.1, -0.05) is 25.7 Å². The van der Waals surface area contributed by atoms with Crippen molar-refractivity contribution in [3.63, 3.8) is 0 Å². The molecule has 0 bridgehead atoms. The van der Waals surface area contributed by atoms with Crippen molar-refractivity contribution >= 4 is 6.03 Å². The summed E-state index contributed by atoms with van der Waals surface area (Å²) in [6.45, 7) is 3.79. The van der Waals surface area contributed by atoms with Crippen molar-refractivity contribution in [2.75, 3.05) is 26.2 Å². The van der Waals surface area contributed by atoms with Gasteiger partial charge in [0.2, 0.25) is 0 Å². The molecule has 1 aliphatic carbocycles. The van der Waals surface area contributed by atoms with Crippen LogP contribution in [0.25, 0.3) is 0 Å². The molecule has 0 spiro atoms. The van der Waals surface area contributed by atoms with Gasteiger partial charge in [0.15, 0.2) is 0 Å². The molecule has 2 N–H and O–H groups in total. The van der Waals surface area contributed by atoms with E-state index in [1.807, 2.05) is 6.92 Å². The Morgan fingerprint density at radius 3 is 2.71 bits per heavy atom. The van der Waals surface area contributed by atoms with Gasteiger partial charge in [-0.05, 0) is 25.7 Å². The maximum Gasteiger partial charge on any atom is 0.317 e. The van der Waals surface area contributed by atoms with E-state index in [0.717, 1.165) is 18.9 Å². The fourth-order valence-corrected chi connectivity index (χ4v) is 2.52. The molecule has 4 heteroatoms. The monoisotopic (exact) mass is 242 g/mol. The van der Waals surface area contributed by atoms with Crippen LogP contribution in [-0.4, -0.2) is 42.3 Å². The van der Waals surface area contributed by atoms with E-state index in [0.29, 0.717) is 13.1 Å². The summed E-state index contributed by atoms with van der Waals surface area (Å²) in [7, 11) is 0. The Labute approximate surface area is 104 Å². The molecule has 1 fully saturated rings. The smallest absolute Gasteiger partial charge is 0.317 e. The molecular formula is C13H26N2O2. The van der Waals surface area contributed by atoms with Gasteiger partial charge in [-0.2, -0.15) is 0 Å². The molecule has 0 aromatic rings. The first-order valence-electron chi connectivity index (χ1n) is 6.91. The lowest BCUT2D eigenvalue weighted by atomic mass is 10.0. The summed E-state index contributed by atoms with van der Waals surface area (Å²) in [5.41, 5.74) is 0. The first kappa shape index (κ1) is 14.3. The number of hydrogen-bond donors (Lipinski definition) is 2. The van der Waals surface area contributed by atoms with Crippen molar-refractivity contribution in [2.24, 2.45) is 5.92 Å². The lowest BCUT2D eigenvalue weighted by molar-refractivity contribution is 0.180. The van der Waals surface area contributed by atoms with Gasteiger partial charge in [0, 0.05) is 19.6 Å². The van der Waals surface area contributed by atoms with Crippen LogP contribution >= 0.6 is 0 Å². The molecule has 0 atom stereocenters. The molecule has 17 heavy (non-hydrogen) atoms. The second-order valence-corrected chi connectivity index (χ2v) is 4.83. The van der Waals surface area contributed by atoms with Crippen molar-refractivity contribution in [3.05, 3.63) is 0 Å². The minimum atomic E-state index is -0.0482. The molecule has 0 aromatic carbocycles. The van der Waals surface area contributed by atoms with Crippen molar-refractivity contribution < 1.29 is 9.90 Å². The fourth-order valence-electron chi connectivity index (χ4n) is 2.52. The highest BCUT2D eigenvalue weighted by molar-refractivity contribution is 5.74. The Morgan fingerprint density at radius 2 is 2.12 bits per heavy atom. The third kappa shape index (κ3) is 5.39. The van der Waals surface area contributed by atoms with Crippen molar-refractivity contribution in [1.82, 2.24) is 10.2 Å². The highest BCUT2D eigenvalue weighted by Crippen LogP contribution is 2.28. The predicted molar refractivity (Wildman–Crippen MR) is 68.9 cm³/mol. The maximum absolute atomic E-state index is 11.7. The average molecular weight is 242 g/mol. The molecular weight excluding hydrogens is 216 g/mol. The quantitative estimate of drug-likeness (QED) is 0.671. The number of hydrogen-bond acceptors (Lipinski definition) is 2. The lowest BCUT2D eigenvalue weighted by Crippen LogP contribution is -2.41. The number of amides is 2. The standard InChI is InChI=1S/C13H26N2O2/c1-2-15(10-11-16)13(17)14-9-5-8-12-6-3-4-7-12/h12,16H,2-11H2,1H3,(H,14,17). The van der Waals surface area contributed by atoms with Crippen LogP contribution in [0.2, 0.25) is 0 Å². The van der Waals surface area contributed by atoms with Gasteiger partial charge in [-0.25, -0.2) is 4.79 Å². The molecule has 0 unspecified atom stereocenters. The highest BCUT2D eigenvalue weighted by atomic mass is 16.3. The number of aliphatic hydroxyl groups is 1. The van der Waals surface area contributed by atoms with Gasteiger partial charge in [-0.15, -0.1) is 0 Å². The van der Waals surface area contributed by atoms with E-state index < -0.39 is 0 Å². The number of urea groups is 1. The normalized spacial score (nSPS) is 16.1. The van der Waals surface area contributed by atoms with Crippen LogP contribution in [0.15, 0.2) is 0 Å². The minimum Gasteiger partial charge on any atom is -0.395 e. The molecule has 0 saturated heterocycles. The van der Waals surface area contributed by atoms with Gasteiger partial charge >= 0.3 is 6.03 Å². The van der Waals surface area contributed by atoms with Crippen LogP contribution < -0.4 is 5.32 Å². The lowest BCUT2D eigenvalue weighted by Gasteiger charge is -2.20. The molecule has 1 aliphatic rings. The van der Waals surface area contributed by atoms with Gasteiger partial charge in [0.25, 0.3) is 0 Å². The van der Waals surface area contributed by atoms with Crippen LogP contribution in [0.1, 0.15) is 45.4 Å². The number of carbonyl (C=O) groups is 1. The molecule has 1 rings (SSSR count). The zero-order valence-electron chi connectivity index (χ0n) is 11.0. The maximum atomic E-state index is 11.7. The van der Waals surface area contributed by atoms with E-state index in [4.69, 9.17) is 5.11 Å². The number of carbonyl (C=O) groups excluding carboxylic acids is 1. The van der Waals surface area contributed by atoms with Crippen LogP contribution in [0.3, 0.4) is 0 Å². The van der Waals surface area contributed by atoms with E-state index in [1.165, 1.54) is 32.1 Å². The van der Waals surface area contributed by atoms with Crippen molar-refractivity contribution in [1.29, 1.82) is 0 Å². The first-order valence-corrected chi connectivity index (χ1v) is 6.91. The molecule has 2 amide bonds. The zero-order chi connectivity index (χ0) is 12.5. The summed E-state index contributed by atoms with van der Waals surface area (Å²) >= 11 is 0. The van der Waals surface area contributed by atoms with Crippen LogP contribution in [-0.2, 0) is 0 Å². The van der Waals surface area contributed by atoms with Crippen molar-refractivity contribution in [2.45, 2.75) is 45.4 Å². The van der Waals surface area contributed by atoms with E-state index in [2.05, 4.69) is 5.32 Å². The number of rotatable bonds is 7. The second kappa shape index (κ2) is 8.34. The molecule has 4 nitrogen and oxygen atoms in total. The Bertz CT molecular complexity index is 215. The van der Waals surface area contributed by atoms with Crippen molar-refractivity contribution in [3.8, 4) is 0 Å². The van der Waals surface area contributed by atoms with Gasteiger partial charge in [0.05, 0.1) is 6.61 Å². The van der Waals surface area contributed by atoms with Crippen LogP contribution in [0.5, 0.6) is 0 Å². The Balaban J connectivity index is 2.05. The summed E-state index contributed by atoms with van der Waals surface area (Å²) in [5.74, 6) is 0.895. The third-order valence-corrected chi connectivity index (χ3v) is 3.58. The van der Waals surface area contributed by atoms with Gasteiger partial charge in [0.1, 0.15) is 0 Å². The number of aliphatic hydroxyl groups excluding tert-OH is 1. The SMILES string of the molecule is CCN(CCO)C(=O)NCCCC1CCCC1. The molecule has 0 heterocycles. The van der Waals surface area contributed by atoms with E-state index in [-0.39, 0.29) is 12.6 Å². The van der Waals surface area contributed by atoms with E-state index in [1.54, 1.807) is 4.90 Å². The molecule has 0 aromatic heterocycles. The Morgan fingerprint density at radius 1 is 1.41 bits per heavy atom. The molecule has 0 radical (unpaired) electrons. The summed E-state index contributed by atoms with van der Waals surface area (Å²) in [6, 6.07) is -0.0482. The Hall–Kier alpha value is -0.770. The Kier molecular flexibility index (Phi) is 7.01. The van der Waals surface area contributed by atoms with Crippen LogP contribution in [0.4, 0.5) is 4.79 Å². The van der Waals surface area contributed by atoms with Gasteiger partial charge < -0.3 is 15.3 Å². The first-order chi connectivity index (χ1) is 8.27. The minimum absolute atomic E-state index is 0.0311. The summed E-state index contributed by atoms with van der Waals surface area (Å²) in [4.78, 5) is 13.3. The summed E-state index contributed by atoms with van der Waals surface area (Å²) < 4.78 is 0. The van der Waals surface area contributed by atoms with E-state index in [9.17, 15) is 4.79 Å². The number of nitrogens with one attached hydrogen (secondary N) is 1. The fraction of sp³-hybridized carbons (Fsp3) is 0.923. The number of nitrogens with zero attached hydrogens (tertiary/aromatic N) is 1. The zero-order valence-corrected chi connectivity index (χ0v) is 11.0. The topological polar surface area (TPSA) is 52.6 Å². The third-order valence-electron chi connectivity index (χ3n) is 3.58. The number of likely N-dealkylation sites (N-methyl/N-ethyl adjacent to an activating group) is 1. The summed E-state index contributed by atoms with van der Waals surface area (Å²) in [5, 5.41) is 11.7. The van der Waals surface area contributed by atoms with Crippen LogP contribution in [0, 0.1) is 5.92 Å². The predicted octanol–water partition coefficient (Wildman–Crippen LogP) is 1.98. The van der Waals surface area contributed by atoms with E-state index >= 15 is 0 Å². The van der Waals surface area contributed by atoms with Gasteiger partial charge in [-0.3, -0.25) is 0 Å². The second-order valence-electron chi connectivity index (χ2n) is 4.83. The molecule has 1 saturated carbocycles. The average Bonchev–Trinajstić information content (AvgIpc) is 2.84. The molecule has 100 valence electrons. The molecule has 0 aliphatic heterocycles.